The third kappa shape index (κ3) is 8.56. The van der Waals surface area contributed by atoms with Gasteiger partial charge in [-0.25, -0.2) is 0 Å². The van der Waals surface area contributed by atoms with Crippen LogP contribution in [0.2, 0.25) is 0 Å². The van der Waals surface area contributed by atoms with Gasteiger partial charge in [-0.05, 0) is 48.5 Å². The second kappa shape index (κ2) is 12.6. The Morgan fingerprint density at radius 1 is 0.571 bits per heavy atom. The van der Waals surface area contributed by atoms with E-state index < -0.39 is 0 Å². The van der Waals surface area contributed by atoms with Crippen molar-refractivity contribution in [3.05, 3.63) is 84.4 Å². The van der Waals surface area contributed by atoms with E-state index in [1.165, 1.54) is 11.4 Å². The Kier molecular flexibility index (Phi) is 10.0. The first-order chi connectivity index (χ1) is 13.5. The Hall–Kier alpha value is -3.76. The molecule has 0 atom stereocenters. The number of aromatic nitrogens is 2. The van der Waals surface area contributed by atoms with Crippen LogP contribution in [0.15, 0.2) is 73.3 Å². The summed E-state index contributed by atoms with van der Waals surface area (Å²) in [4.78, 5) is 11.9. The van der Waals surface area contributed by atoms with E-state index in [9.17, 15) is 0 Å². The van der Waals surface area contributed by atoms with Crippen LogP contribution in [0.1, 0.15) is 11.1 Å². The maximum Gasteiger partial charge on any atom is 0.0391 e. The summed E-state index contributed by atoms with van der Waals surface area (Å²) in [6, 6.07) is 15.2. The van der Waals surface area contributed by atoms with Crippen molar-refractivity contribution in [1.82, 2.24) is 9.97 Å². The van der Waals surface area contributed by atoms with Gasteiger partial charge < -0.3 is 9.80 Å². The van der Waals surface area contributed by atoms with Crippen molar-refractivity contribution in [3.63, 3.8) is 0 Å². The van der Waals surface area contributed by atoms with Crippen LogP contribution >= 0.6 is 0 Å². The summed E-state index contributed by atoms with van der Waals surface area (Å²) in [5.41, 5.74) is 4.09. The summed E-state index contributed by atoms with van der Waals surface area (Å²) in [6.07, 6.45) is 17.4. The van der Waals surface area contributed by atoms with Gasteiger partial charge in [-0.15, -0.1) is 12.8 Å². The molecule has 0 radical (unpaired) electrons. The third-order valence-corrected chi connectivity index (χ3v) is 3.58. The molecule has 3 rings (SSSR count). The van der Waals surface area contributed by atoms with E-state index in [1.54, 1.807) is 24.8 Å². The number of hydrogen-bond donors (Lipinski definition) is 0. The molecule has 0 amide bonds. The predicted molar refractivity (Wildman–Crippen MR) is 119 cm³/mol. The van der Waals surface area contributed by atoms with E-state index in [0.29, 0.717) is 0 Å². The van der Waals surface area contributed by atoms with Crippen molar-refractivity contribution in [2.24, 2.45) is 0 Å². The number of pyridine rings is 2. The lowest BCUT2D eigenvalue weighted by molar-refractivity contribution is 1.12. The second-order valence-corrected chi connectivity index (χ2v) is 6.07. The minimum absolute atomic E-state index is 0.860. The number of terminal acetylenes is 2. The molecule has 3 aromatic rings. The molecule has 0 aliphatic heterocycles. The quantitative estimate of drug-likeness (QED) is 0.640. The van der Waals surface area contributed by atoms with Crippen LogP contribution in [-0.2, 0) is 0 Å². The van der Waals surface area contributed by atoms with Crippen LogP contribution in [0, 0.1) is 24.7 Å². The van der Waals surface area contributed by atoms with Crippen molar-refractivity contribution in [2.45, 2.75) is 0 Å². The zero-order valence-corrected chi connectivity index (χ0v) is 16.9. The Morgan fingerprint density at radius 3 is 1.04 bits per heavy atom. The van der Waals surface area contributed by atoms with Gasteiger partial charge in [0.1, 0.15) is 0 Å². The zero-order valence-electron chi connectivity index (χ0n) is 16.9. The molecule has 0 saturated heterocycles. The van der Waals surface area contributed by atoms with Gasteiger partial charge in [0.2, 0.25) is 0 Å². The number of nitrogens with zero attached hydrogens (tertiary/aromatic N) is 4. The first-order valence-corrected chi connectivity index (χ1v) is 8.66. The Labute approximate surface area is 168 Å². The van der Waals surface area contributed by atoms with Crippen LogP contribution < -0.4 is 9.80 Å². The average molecular weight is 371 g/mol. The molecule has 0 spiro atoms. The molecule has 28 heavy (non-hydrogen) atoms. The van der Waals surface area contributed by atoms with Gasteiger partial charge in [-0.2, -0.15) is 0 Å². The molecule has 0 aliphatic carbocycles. The van der Waals surface area contributed by atoms with Crippen molar-refractivity contribution in [3.8, 4) is 24.7 Å². The lowest BCUT2D eigenvalue weighted by Gasteiger charge is -2.10. The maximum absolute atomic E-state index is 5.14. The highest BCUT2D eigenvalue weighted by atomic mass is 15.1. The third-order valence-electron chi connectivity index (χ3n) is 3.58. The van der Waals surface area contributed by atoms with Crippen molar-refractivity contribution in [1.29, 1.82) is 0 Å². The highest BCUT2D eigenvalue weighted by molar-refractivity contribution is 5.43. The minimum Gasteiger partial charge on any atom is -0.378 e. The van der Waals surface area contributed by atoms with Gasteiger partial charge >= 0.3 is 0 Å². The van der Waals surface area contributed by atoms with Crippen LogP contribution in [0.4, 0.5) is 11.4 Å². The maximum atomic E-state index is 5.14. The van der Waals surface area contributed by atoms with Crippen molar-refractivity contribution in [2.75, 3.05) is 38.0 Å². The molecule has 4 nitrogen and oxygen atoms in total. The van der Waals surface area contributed by atoms with E-state index in [0.717, 1.165) is 11.1 Å². The molecule has 0 aliphatic rings. The first-order valence-electron chi connectivity index (χ1n) is 8.66. The zero-order chi connectivity index (χ0) is 20.8. The molecule has 142 valence electrons. The van der Waals surface area contributed by atoms with Crippen LogP contribution in [0.5, 0.6) is 0 Å². The Bertz CT molecular complexity index is 795. The molecule has 0 unspecified atom stereocenters. The molecule has 0 fully saturated rings. The van der Waals surface area contributed by atoms with Gasteiger partial charge in [-0.1, -0.05) is 11.8 Å². The summed E-state index contributed by atoms with van der Waals surface area (Å²) in [7, 11) is 8.04. The molecule has 0 N–H and O–H groups in total. The number of anilines is 2. The molecular formula is C24H26N4. The van der Waals surface area contributed by atoms with Gasteiger partial charge in [0.05, 0.1) is 0 Å². The average Bonchev–Trinajstić information content (AvgIpc) is 2.76. The van der Waals surface area contributed by atoms with Crippen LogP contribution in [0.25, 0.3) is 0 Å². The largest absolute Gasteiger partial charge is 0.378 e. The lowest BCUT2D eigenvalue weighted by Crippen LogP contribution is -2.07. The molecule has 0 saturated carbocycles. The molecule has 1 aromatic carbocycles. The highest BCUT2D eigenvalue weighted by Gasteiger charge is 1.89. The lowest BCUT2D eigenvalue weighted by atomic mass is 10.1. The fraction of sp³-hybridized carbons (Fsp3) is 0.167. The van der Waals surface area contributed by atoms with Gasteiger partial charge in [0.15, 0.2) is 0 Å². The van der Waals surface area contributed by atoms with Crippen LogP contribution in [0.3, 0.4) is 0 Å². The Balaban J connectivity index is 0.000000210. The summed E-state index contributed by atoms with van der Waals surface area (Å²) >= 11 is 0. The number of hydrogen-bond acceptors (Lipinski definition) is 4. The van der Waals surface area contributed by atoms with Gasteiger partial charge in [0, 0.05) is 75.5 Å². The summed E-state index contributed by atoms with van der Waals surface area (Å²) in [5, 5.41) is 0. The molecular weight excluding hydrogens is 344 g/mol. The predicted octanol–water partition coefficient (Wildman–Crippen LogP) is 3.94. The fourth-order valence-corrected chi connectivity index (χ4v) is 1.95. The standard InChI is InChI=1S/C10H6.2C7H10N2/c1-3-9-5-7-10(4-2)8-6-9;2*1-9(2)7-3-5-8-6-4-7/h1-2,5-8H;2*3-6H,1-2H3. The molecule has 2 aromatic heterocycles. The highest BCUT2D eigenvalue weighted by Crippen LogP contribution is 2.06. The minimum atomic E-state index is 0.860. The van der Waals surface area contributed by atoms with E-state index in [1.807, 2.05) is 86.5 Å². The molecule has 4 heteroatoms. The monoisotopic (exact) mass is 370 g/mol. The summed E-state index contributed by atoms with van der Waals surface area (Å²) < 4.78 is 0. The fourth-order valence-electron chi connectivity index (χ4n) is 1.95. The van der Waals surface area contributed by atoms with Crippen LogP contribution in [-0.4, -0.2) is 38.2 Å². The van der Waals surface area contributed by atoms with E-state index >= 15 is 0 Å². The summed E-state index contributed by atoms with van der Waals surface area (Å²) in [5.74, 6) is 5.02. The Morgan fingerprint density at radius 2 is 0.857 bits per heavy atom. The topological polar surface area (TPSA) is 32.3 Å². The number of benzene rings is 1. The van der Waals surface area contributed by atoms with Crippen molar-refractivity contribution < 1.29 is 0 Å². The summed E-state index contributed by atoms with van der Waals surface area (Å²) in [6.45, 7) is 0. The number of rotatable bonds is 2. The molecule has 2 heterocycles. The van der Waals surface area contributed by atoms with Crippen molar-refractivity contribution >= 4 is 11.4 Å². The SMILES string of the molecule is C#Cc1ccc(C#C)cc1.CN(C)c1ccncc1.CN(C)c1ccncc1. The van der Waals surface area contributed by atoms with Gasteiger partial charge in [0.25, 0.3) is 0 Å². The second-order valence-electron chi connectivity index (χ2n) is 6.07. The van der Waals surface area contributed by atoms with E-state index in [4.69, 9.17) is 12.8 Å². The van der Waals surface area contributed by atoms with E-state index in [2.05, 4.69) is 21.8 Å². The van der Waals surface area contributed by atoms with Gasteiger partial charge in [-0.3, -0.25) is 9.97 Å². The smallest absolute Gasteiger partial charge is 0.0391 e. The van der Waals surface area contributed by atoms with E-state index in [-0.39, 0.29) is 0 Å². The normalized spacial score (nSPS) is 8.64. The molecule has 0 bridgehead atoms. The first kappa shape index (κ1) is 22.3.